The van der Waals surface area contributed by atoms with Crippen LogP contribution in [0.15, 0.2) is 47.4 Å². The van der Waals surface area contributed by atoms with Gasteiger partial charge in [-0.15, -0.1) is 11.8 Å². The molecule has 1 aliphatic rings. The lowest BCUT2D eigenvalue weighted by atomic mass is 10.2. The van der Waals surface area contributed by atoms with Gasteiger partial charge in [-0.05, 0) is 37.3 Å². The van der Waals surface area contributed by atoms with Crippen LogP contribution in [-0.2, 0) is 9.59 Å². The average Bonchev–Trinajstić information content (AvgIpc) is 2.54. The maximum atomic E-state index is 13.0. The molecule has 1 unspecified atom stereocenters. The van der Waals surface area contributed by atoms with Gasteiger partial charge in [0.25, 0.3) is 5.91 Å². The molecule has 7 heteroatoms. The number of fused-ring (bicyclic) bond motifs is 1. The molecule has 5 nitrogen and oxygen atoms in total. The van der Waals surface area contributed by atoms with Crippen LogP contribution in [0.4, 0.5) is 15.8 Å². The smallest absolute Gasteiger partial charge is 0.262 e. The first-order valence-corrected chi connectivity index (χ1v) is 8.19. The summed E-state index contributed by atoms with van der Waals surface area (Å²) >= 11 is 1.47. The van der Waals surface area contributed by atoms with Gasteiger partial charge in [0.15, 0.2) is 6.61 Å². The van der Waals surface area contributed by atoms with Gasteiger partial charge in [-0.1, -0.05) is 6.07 Å². The standard InChI is InChI=1S/C17H15FN2O3S/c1-10-17(22)20-14-8-12(5-6-15(14)24-10)19-16(21)9-23-13-4-2-3-11(18)7-13/h2-8,10H,9H2,1H3,(H,19,21)(H,20,22). The second-order valence-electron chi connectivity index (χ2n) is 5.25. The largest absolute Gasteiger partial charge is 0.484 e. The topological polar surface area (TPSA) is 67.4 Å². The molecule has 1 atom stereocenters. The minimum atomic E-state index is -0.426. The Morgan fingerprint density at radius 3 is 2.96 bits per heavy atom. The number of halogens is 1. The Labute approximate surface area is 142 Å². The van der Waals surface area contributed by atoms with Crippen molar-refractivity contribution in [2.75, 3.05) is 17.2 Å². The Morgan fingerprint density at radius 2 is 2.17 bits per heavy atom. The molecule has 2 amide bonds. The van der Waals surface area contributed by atoms with Gasteiger partial charge in [0.05, 0.1) is 10.9 Å². The lowest BCUT2D eigenvalue weighted by Crippen LogP contribution is -2.26. The highest BCUT2D eigenvalue weighted by Crippen LogP contribution is 2.36. The average molecular weight is 346 g/mol. The normalized spacial score (nSPS) is 16.1. The van der Waals surface area contributed by atoms with Crippen LogP contribution in [0.3, 0.4) is 0 Å². The third kappa shape index (κ3) is 3.86. The molecular formula is C17H15FN2O3S. The van der Waals surface area contributed by atoms with E-state index >= 15 is 0 Å². The zero-order valence-corrected chi connectivity index (χ0v) is 13.7. The summed E-state index contributed by atoms with van der Waals surface area (Å²) < 4.78 is 18.3. The molecule has 1 heterocycles. The van der Waals surface area contributed by atoms with Crippen molar-refractivity contribution in [2.24, 2.45) is 0 Å². The summed E-state index contributed by atoms with van der Waals surface area (Å²) in [7, 11) is 0. The van der Waals surface area contributed by atoms with Crippen molar-refractivity contribution in [1.29, 1.82) is 0 Å². The molecular weight excluding hydrogens is 331 g/mol. The minimum absolute atomic E-state index is 0.0644. The van der Waals surface area contributed by atoms with Crippen LogP contribution in [0, 0.1) is 5.82 Å². The Kier molecular flexibility index (Phi) is 4.71. The van der Waals surface area contributed by atoms with Crippen LogP contribution in [0.2, 0.25) is 0 Å². The number of anilines is 2. The Hall–Kier alpha value is -2.54. The molecule has 124 valence electrons. The Morgan fingerprint density at radius 1 is 1.33 bits per heavy atom. The van der Waals surface area contributed by atoms with Crippen LogP contribution < -0.4 is 15.4 Å². The van der Waals surface area contributed by atoms with E-state index in [1.54, 1.807) is 18.2 Å². The molecule has 24 heavy (non-hydrogen) atoms. The maximum absolute atomic E-state index is 13.0. The maximum Gasteiger partial charge on any atom is 0.262 e. The molecule has 1 aliphatic heterocycles. The summed E-state index contributed by atoms with van der Waals surface area (Å²) in [6, 6.07) is 10.9. The number of benzene rings is 2. The van der Waals surface area contributed by atoms with E-state index in [-0.39, 0.29) is 29.4 Å². The number of nitrogens with one attached hydrogen (secondary N) is 2. The molecule has 0 saturated heterocycles. The van der Waals surface area contributed by atoms with Gasteiger partial charge >= 0.3 is 0 Å². The highest BCUT2D eigenvalue weighted by molar-refractivity contribution is 8.00. The number of rotatable bonds is 4. The zero-order chi connectivity index (χ0) is 17.1. The number of carbonyl (C=O) groups is 2. The summed E-state index contributed by atoms with van der Waals surface area (Å²) in [5.41, 5.74) is 1.23. The van der Waals surface area contributed by atoms with Crippen molar-refractivity contribution in [3.05, 3.63) is 48.3 Å². The second-order valence-corrected chi connectivity index (χ2v) is 6.64. The van der Waals surface area contributed by atoms with Crippen LogP contribution in [-0.4, -0.2) is 23.7 Å². The molecule has 3 rings (SSSR count). The van der Waals surface area contributed by atoms with Crippen LogP contribution in [0.1, 0.15) is 6.92 Å². The van der Waals surface area contributed by atoms with E-state index < -0.39 is 5.82 Å². The highest BCUT2D eigenvalue weighted by Gasteiger charge is 2.23. The van der Waals surface area contributed by atoms with E-state index in [0.717, 1.165) is 4.90 Å². The fraction of sp³-hybridized carbons (Fsp3) is 0.176. The molecule has 0 aliphatic carbocycles. The molecule has 0 radical (unpaired) electrons. The van der Waals surface area contributed by atoms with Gasteiger partial charge in [-0.25, -0.2) is 4.39 Å². The predicted octanol–water partition coefficient (Wildman–Crippen LogP) is 3.28. The van der Waals surface area contributed by atoms with Gasteiger partial charge < -0.3 is 15.4 Å². The third-order valence-electron chi connectivity index (χ3n) is 3.36. The lowest BCUT2D eigenvalue weighted by Gasteiger charge is -2.22. The summed E-state index contributed by atoms with van der Waals surface area (Å²) in [6.07, 6.45) is 0. The van der Waals surface area contributed by atoms with E-state index in [4.69, 9.17) is 4.74 Å². The first-order chi connectivity index (χ1) is 11.5. The van der Waals surface area contributed by atoms with Crippen molar-refractivity contribution in [3.8, 4) is 5.75 Å². The quantitative estimate of drug-likeness (QED) is 0.892. The highest BCUT2D eigenvalue weighted by atomic mass is 32.2. The molecule has 0 spiro atoms. The van der Waals surface area contributed by atoms with E-state index in [0.29, 0.717) is 11.4 Å². The first-order valence-electron chi connectivity index (χ1n) is 7.31. The van der Waals surface area contributed by atoms with Crippen molar-refractivity contribution >= 4 is 35.0 Å². The SMILES string of the molecule is CC1Sc2ccc(NC(=O)COc3cccc(F)c3)cc2NC1=O. The van der Waals surface area contributed by atoms with Crippen LogP contribution in [0.25, 0.3) is 0 Å². The van der Waals surface area contributed by atoms with Crippen molar-refractivity contribution < 1.29 is 18.7 Å². The van der Waals surface area contributed by atoms with Crippen molar-refractivity contribution in [1.82, 2.24) is 0 Å². The Balaban J connectivity index is 1.61. The monoisotopic (exact) mass is 346 g/mol. The van der Waals surface area contributed by atoms with Gasteiger partial charge in [0, 0.05) is 16.6 Å². The number of thioether (sulfide) groups is 1. The number of carbonyl (C=O) groups excluding carboxylic acids is 2. The zero-order valence-electron chi connectivity index (χ0n) is 12.8. The van der Waals surface area contributed by atoms with E-state index in [1.165, 1.54) is 30.0 Å². The van der Waals surface area contributed by atoms with Gasteiger partial charge in [0.1, 0.15) is 11.6 Å². The summed E-state index contributed by atoms with van der Waals surface area (Å²) in [6.45, 7) is 1.60. The number of amides is 2. The van der Waals surface area contributed by atoms with E-state index in [2.05, 4.69) is 10.6 Å². The number of ether oxygens (including phenoxy) is 1. The van der Waals surface area contributed by atoms with Gasteiger partial charge in [-0.3, -0.25) is 9.59 Å². The number of hydrogen-bond donors (Lipinski definition) is 2. The van der Waals surface area contributed by atoms with E-state index in [9.17, 15) is 14.0 Å². The molecule has 0 fully saturated rings. The van der Waals surface area contributed by atoms with E-state index in [1.807, 2.05) is 13.0 Å². The molecule has 0 saturated carbocycles. The number of hydrogen-bond acceptors (Lipinski definition) is 4. The summed E-state index contributed by atoms with van der Waals surface area (Å²) in [4.78, 5) is 24.6. The lowest BCUT2D eigenvalue weighted by molar-refractivity contribution is -0.118. The molecule has 0 aromatic heterocycles. The minimum Gasteiger partial charge on any atom is -0.484 e. The van der Waals surface area contributed by atoms with Crippen LogP contribution in [0.5, 0.6) is 5.75 Å². The van der Waals surface area contributed by atoms with Gasteiger partial charge in [0.2, 0.25) is 5.91 Å². The second kappa shape index (κ2) is 6.92. The molecule has 2 N–H and O–H groups in total. The van der Waals surface area contributed by atoms with Gasteiger partial charge in [-0.2, -0.15) is 0 Å². The molecule has 2 aromatic rings. The predicted molar refractivity (Wildman–Crippen MR) is 90.9 cm³/mol. The third-order valence-corrected chi connectivity index (χ3v) is 4.54. The Bertz CT molecular complexity index is 797. The molecule has 2 aromatic carbocycles. The molecule has 0 bridgehead atoms. The fourth-order valence-corrected chi connectivity index (χ4v) is 3.12. The summed E-state index contributed by atoms with van der Waals surface area (Å²) in [5, 5.41) is 5.35. The first kappa shape index (κ1) is 16.3. The fourth-order valence-electron chi connectivity index (χ4n) is 2.19. The summed E-state index contributed by atoms with van der Waals surface area (Å²) in [5.74, 6) is -0.578. The van der Waals surface area contributed by atoms with Crippen molar-refractivity contribution in [2.45, 2.75) is 17.1 Å². The van der Waals surface area contributed by atoms with Crippen molar-refractivity contribution in [3.63, 3.8) is 0 Å². The van der Waals surface area contributed by atoms with Crippen LogP contribution >= 0.6 is 11.8 Å².